The first kappa shape index (κ1) is 9.96. The minimum absolute atomic E-state index is 0.240. The Labute approximate surface area is 74.7 Å². The lowest BCUT2D eigenvalue weighted by Crippen LogP contribution is -2.33. The molecule has 1 rings (SSSR count). The maximum absolute atomic E-state index is 8.73. The maximum atomic E-state index is 8.73. The number of nitrogens with zero attached hydrogens (tertiary/aromatic N) is 1. The molecule has 1 heterocycles. The summed E-state index contributed by atoms with van der Waals surface area (Å²) < 4.78 is 0. The van der Waals surface area contributed by atoms with Crippen LogP contribution in [0.25, 0.3) is 0 Å². The van der Waals surface area contributed by atoms with Crippen LogP contribution < -0.4 is 5.43 Å². The molecule has 1 saturated heterocycles. The SMILES string of the molecule is CC(C)(C)C1CNN(CCO)C1. The quantitative estimate of drug-likeness (QED) is 0.635. The molecule has 12 heavy (non-hydrogen) atoms. The lowest BCUT2D eigenvalue weighted by Gasteiger charge is -2.25. The summed E-state index contributed by atoms with van der Waals surface area (Å²) in [4.78, 5) is 0. The molecule has 1 unspecified atom stereocenters. The maximum Gasteiger partial charge on any atom is 0.0572 e. The van der Waals surface area contributed by atoms with E-state index in [2.05, 4.69) is 31.2 Å². The summed E-state index contributed by atoms with van der Waals surface area (Å²) in [7, 11) is 0. The number of rotatable bonds is 2. The van der Waals surface area contributed by atoms with Crippen LogP contribution in [0.1, 0.15) is 20.8 Å². The predicted octanol–water partition coefficient (Wildman–Crippen LogP) is 0.461. The second kappa shape index (κ2) is 3.73. The van der Waals surface area contributed by atoms with Crippen LogP contribution in [-0.4, -0.2) is 36.4 Å². The van der Waals surface area contributed by atoms with Gasteiger partial charge < -0.3 is 5.11 Å². The molecule has 0 aromatic carbocycles. The van der Waals surface area contributed by atoms with Crippen molar-refractivity contribution in [2.75, 3.05) is 26.2 Å². The summed E-state index contributed by atoms with van der Waals surface area (Å²) in [5.41, 5.74) is 3.66. The number of hydrogen-bond acceptors (Lipinski definition) is 3. The van der Waals surface area contributed by atoms with Gasteiger partial charge in [-0.25, -0.2) is 5.01 Å². The summed E-state index contributed by atoms with van der Waals surface area (Å²) in [6.07, 6.45) is 0. The van der Waals surface area contributed by atoms with E-state index in [1.165, 1.54) is 0 Å². The Morgan fingerprint density at radius 2 is 2.17 bits per heavy atom. The zero-order valence-electron chi connectivity index (χ0n) is 8.30. The second-order valence-corrected chi connectivity index (χ2v) is 4.59. The molecule has 2 N–H and O–H groups in total. The molecule has 0 saturated carbocycles. The zero-order valence-corrected chi connectivity index (χ0v) is 8.30. The Hall–Kier alpha value is -0.120. The normalized spacial score (nSPS) is 26.5. The molecule has 0 bridgehead atoms. The van der Waals surface area contributed by atoms with Crippen LogP contribution in [0, 0.1) is 11.3 Å². The topological polar surface area (TPSA) is 35.5 Å². The second-order valence-electron chi connectivity index (χ2n) is 4.59. The van der Waals surface area contributed by atoms with E-state index in [4.69, 9.17) is 5.11 Å². The summed E-state index contributed by atoms with van der Waals surface area (Å²) in [5, 5.41) is 10.8. The van der Waals surface area contributed by atoms with E-state index < -0.39 is 0 Å². The Kier molecular flexibility index (Phi) is 3.09. The lowest BCUT2D eigenvalue weighted by molar-refractivity contribution is 0.169. The molecule has 72 valence electrons. The van der Waals surface area contributed by atoms with Gasteiger partial charge in [0.05, 0.1) is 6.61 Å². The van der Waals surface area contributed by atoms with E-state index in [-0.39, 0.29) is 6.61 Å². The van der Waals surface area contributed by atoms with Crippen molar-refractivity contribution in [3.8, 4) is 0 Å². The monoisotopic (exact) mass is 172 g/mol. The van der Waals surface area contributed by atoms with Gasteiger partial charge >= 0.3 is 0 Å². The van der Waals surface area contributed by atoms with Crippen molar-refractivity contribution in [3.05, 3.63) is 0 Å². The number of hydrazine groups is 1. The standard InChI is InChI=1S/C9H20N2O/c1-9(2,3)8-6-10-11(7-8)4-5-12/h8,10,12H,4-7H2,1-3H3. The van der Waals surface area contributed by atoms with Crippen molar-refractivity contribution in [2.45, 2.75) is 20.8 Å². The molecule has 1 fully saturated rings. The van der Waals surface area contributed by atoms with E-state index in [1.807, 2.05) is 0 Å². The fourth-order valence-corrected chi connectivity index (χ4v) is 1.51. The minimum atomic E-state index is 0.240. The van der Waals surface area contributed by atoms with Crippen LogP contribution in [0.5, 0.6) is 0 Å². The van der Waals surface area contributed by atoms with Crippen molar-refractivity contribution in [3.63, 3.8) is 0 Å². The van der Waals surface area contributed by atoms with E-state index in [1.54, 1.807) is 0 Å². The molecule has 1 atom stereocenters. The molecule has 1 aliphatic rings. The largest absolute Gasteiger partial charge is 0.395 e. The molecule has 0 spiro atoms. The molecular formula is C9H20N2O. The summed E-state index contributed by atoms with van der Waals surface area (Å²) in [6.45, 7) is 9.88. The van der Waals surface area contributed by atoms with Gasteiger partial charge in [0, 0.05) is 19.6 Å². The molecule has 0 aliphatic carbocycles. The van der Waals surface area contributed by atoms with E-state index >= 15 is 0 Å². The highest BCUT2D eigenvalue weighted by atomic mass is 16.3. The van der Waals surface area contributed by atoms with Crippen molar-refractivity contribution >= 4 is 0 Å². The summed E-state index contributed by atoms with van der Waals surface area (Å²) in [5.74, 6) is 0.698. The minimum Gasteiger partial charge on any atom is -0.395 e. The summed E-state index contributed by atoms with van der Waals surface area (Å²) in [6, 6.07) is 0. The first-order valence-electron chi connectivity index (χ1n) is 4.63. The fraction of sp³-hybridized carbons (Fsp3) is 1.00. The third-order valence-corrected chi connectivity index (χ3v) is 2.60. The molecule has 3 heteroatoms. The number of hydrogen-bond donors (Lipinski definition) is 2. The molecule has 3 nitrogen and oxygen atoms in total. The number of aliphatic hydroxyl groups is 1. The Morgan fingerprint density at radius 3 is 2.58 bits per heavy atom. The smallest absolute Gasteiger partial charge is 0.0572 e. The van der Waals surface area contributed by atoms with Crippen molar-refractivity contribution in [1.82, 2.24) is 10.4 Å². The Morgan fingerprint density at radius 1 is 1.50 bits per heavy atom. The van der Waals surface area contributed by atoms with Gasteiger partial charge in [0.25, 0.3) is 0 Å². The van der Waals surface area contributed by atoms with Gasteiger partial charge in [-0.15, -0.1) is 0 Å². The molecule has 1 aliphatic heterocycles. The van der Waals surface area contributed by atoms with Crippen molar-refractivity contribution in [1.29, 1.82) is 0 Å². The van der Waals surface area contributed by atoms with Gasteiger partial charge in [0.15, 0.2) is 0 Å². The van der Waals surface area contributed by atoms with Gasteiger partial charge in [-0.1, -0.05) is 20.8 Å². The Bertz CT molecular complexity index is 142. The van der Waals surface area contributed by atoms with Crippen LogP contribution in [0.15, 0.2) is 0 Å². The van der Waals surface area contributed by atoms with Crippen LogP contribution in [0.2, 0.25) is 0 Å². The number of aliphatic hydroxyl groups excluding tert-OH is 1. The van der Waals surface area contributed by atoms with Gasteiger partial charge in [-0.05, 0) is 11.3 Å². The Balaban J connectivity index is 2.35. The van der Waals surface area contributed by atoms with Crippen LogP contribution in [-0.2, 0) is 0 Å². The van der Waals surface area contributed by atoms with E-state index in [0.717, 1.165) is 19.6 Å². The third-order valence-electron chi connectivity index (χ3n) is 2.60. The molecule has 0 amide bonds. The molecule has 0 aromatic heterocycles. The summed E-state index contributed by atoms with van der Waals surface area (Å²) >= 11 is 0. The van der Waals surface area contributed by atoms with E-state index in [0.29, 0.717) is 11.3 Å². The van der Waals surface area contributed by atoms with Gasteiger partial charge in [-0.3, -0.25) is 5.43 Å². The van der Waals surface area contributed by atoms with Crippen molar-refractivity contribution in [2.24, 2.45) is 11.3 Å². The van der Waals surface area contributed by atoms with Crippen LogP contribution in [0.4, 0.5) is 0 Å². The fourth-order valence-electron chi connectivity index (χ4n) is 1.51. The van der Waals surface area contributed by atoms with Gasteiger partial charge in [0.2, 0.25) is 0 Å². The van der Waals surface area contributed by atoms with Crippen LogP contribution >= 0.6 is 0 Å². The average molecular weight is 172 g/mol. The predicted molar refractivity (Wildman–Crippen MR) is 49.6 cm³/mol. The van der Waals surface area contributed by atoms with Gasteiger partial charge in [0.1, 0.15) is 0 Å². The molecule has 0 radical (unpaired) electrons. The van der Waals surface area contributed by atoms with Gasteiger partial charge in [-0.2, -0.15) is 0 Å². The zero-order chi connectivity index (χ0) is 9.19. The first-order chi connectivity index (χ1) is 5.54. The number of β-amino-alcohol motifs (C(OH)–C–C–N with tert-alkyl or cyclic N) is 1. The lowest BCUT2D eigenvalue weighted by atomic mass is 9.81. The highest BCUT2D eigenvalue weighted by Gasteiger charge is 2.30. The highest BCUT2D eigenvalue weighted by Crippen LogP contribution is 2.28. The first-order valence-corrected chi connectivity index (χ1v) is 4.63. The average Bonchev–Trinajstić information content (AvgIpc) is 2.35. The van der Waals surface area contributed by atoms with E-state index in [9.17, 15) is 0 Å². The highest BCUT2D eigenvalue weighted by molar-refractivity contribution is 4.82. The molecular weight excluding hydrogens is 152 g/mol. The van der Waals surface area contributed by atoms with Crippen LogP contribution in [0.3, 0.4) is 0 Å². The van der Waals surface area contributed by atoms with Crippen molar-refractivity contribution < 1.29 is 5.11 Å². The number of nitrogens with one attached hydrogen (secondary N) is 1. The third kappa shape index (κ3) is 2.44. The molecule has 0 aromatic rings.